The second kappa shape index (κ2) is 6.10. The fourth-order valence-electron chi connectivity index (χ4n) is 2.42. The number of hydrogen-bond donors (Lipinski definition) is 1. The predicted octanol–water partition coefficient (Wildman–Crippen LogP) is 3.36. The standard InChI is InChI=1S/C16H14ClNO3S/c1-9(13-6-7-14(17)22-13)18-15(19)12-8-10-4-2-3-5-11(10)16(20)21-12/h2-7,9,12H,8H2,1H3,(H,18,19)/t9-,12-/m1/s1. The van der Waals surface area contributed by atoms with Crippen LogP contribution < -0.4 is 5.32 Å². The number of rotatable bonds is 3. The maximum absolute atomic E-state index is 12.3. The minimum Gasteiger partial charge on any atom is -0.448 e. The number of fused-ring (bicyclic) bond motifs is 1. The van der Waals surface area contributed by atoms with Gasteiger partial charge in [-0.15, -0.1) is 11.3 Å². The highest BCUT2D eigenvalue weighted by atomic mass is 35.5. The van der Waals surface area contributed by atoms with Gasteiger partial charge in [0.1, 0.15) is 0 Å². The molecule has 2 aromatic rings. The lowest BCUT2D eigenvalue weighted by Crippen LogP contribution is -2.42. The van der Waals surface area contributed by atoms with Gasteiger partial charge in [-0.05, 0) is 30.7 Å². The van der Waals surface area contributed by atoms with Crippen molar-refractivity contribution in [1.82, 2.24) is 5.32 Å². The Balaban J connectivity index is 1.70. The number of benzene rings is 1. The molecule has 0 saturated heterocycles. The molecule has 0 spiro atoms. The maximum Gasteiger partial charge on any atom is 0.339 e. The zero-order chi connectivity index (χ0) is 15.7. The van der Waals surface area contributed by atoms with Crippen molar-refractivity contribution >= 4 is 34.8 Å². The van der Waals surface area contributed by atoms with Gasteiger partial charge in [-0.1, -0.05) is 29.8 Å². The molecule has 0 saturated carbocycles. The number of hydrogen-bond acceptors (Lipinski definition) is 4. The molecule has 1 aromatic carbocycles. The van der Waals surface area contributed by atoms with Crippen molar-refractivity contribution in [2.24, 2.45) is 0 Å². The van der Waals surface area contributed by atoms with Crippen LogP contribution in [0, 0.1) is 0 Å². The first kappa shape index (κ1) is 15.1. The number of esters is 1. The maximum atomic E-state index is 12.3. The number of cyclic esters (lactones) is 1. The monoisotopic (exact) mass is 335 g/mol. The number of carbonyl (C=O) groups is 2. The summed E-state index contributed by atoms with van der Waals surface area (Å²) in [7, 11) is 0. The van der Waals surface area contributed by atoms with Crippen molar-refractivity contribution in [1.29, 1.82) is 0 Å². The molecule has 3 rings (SSSR count). The lowest BCUT2D eigenvalue weighted by atomic mass is 9.98. The van der Waals surface area contributed by atoms with Crippen LogP contribution in [0.5, 0.6) is 0 Å². The Morgan fingerprint density at radius 1 is 1.36 bits per heavy atom. The molecule has 1 aliphatic rings. The van der Waals surface area contributed by atoms with Crippen molar-refractivity contribution < 1.29 is 14.3 Å². The molecule has 114 valence electrons. The Morgan fingerprint density at radius 3 is 2.86 bits per heavy atom. The molecule has 0 aliphatic carbocycles. The summed E-state index contributed by atoms with van der Waals surface area (Å²) in [5.41, 5.74) is 1.37. The van der Waals surface area contributed by atoms with E-state index < -0.39 is 12.1 Å². The van der Waals surface area contributed by atoms with Crippen LogP contribution >= 0.6 is 22.9 Å². The van der Waals surface area contributed by atoms with Gasteiger partial charge >= 0.3 is 5.97 Å². The second-order valence-electron chi connectivity index (χ2n) is 5.13. The van der Waals surface area contributed by atoms with Gasteiger partial charge in [-0.3, -0.25) is 4.79 Å². The molecule has 6 heteroatoms. The van der Waals surface area contributed by atoms with Crippen LogP contribution in [0.3, 0.4) is 0 Å². The minimum atomic E-state index is -0.791. The fourth-order valence-corrected chi connectivity index (χ4v) is 3.48. The summed E-state index contributed by atoms with van der Waals surface area (Å²) in [6, 6.07) is 10.7. The lowest BCUT2D eigenvalue weighted by molar-refractivity contribution is -0.131. The van der Waals surface area contributed by atoms with Crippen molar-refractivity contribution in [2.75, 3.05) is 0 Å². The van der Waals surface area contributed by atoms with E-state index in [1.807, 2.05) is 25.1 Å². The molecule has 2 atom stereocenters. The summed E-state index contributed by atoms with van der Waals surface area (Å²) in [4.78, 5) is 25.2. The summed E-state index contributed by atoms with van der Waals surface area (Å²) in [6.45, 7) is 1.87. The third-order valence-corrected chi connectivity index (χ3v) is 4.98. The number of halogens is 1. The van der Waals surface area contributed by atoms with E-state index in [1.54, 1.807) is 18.2 Å². The largest absolute Gasteiger partial charge is 0.448 e. The topological polar surface area (TPSA) is 55.4 Å². The van der Waals surface area contributed by atoms with E-state index >= 15 is 0 Å². The fraction of sp³-hybridized carbons (Fsp3) is 0.250. The predicted molar refractivity (Wildman–Crippen MR) is 85.2 cm³/mol. The molecule has 0 radical (unpaired) electrons. The highest BCUT2D eigenvalue weighted by Crippen LogP contribution is 2.27. The Labute approximate surface area is 137 Å². The average molecular weight is 336 g/mol. The van der Waals surface area contributed by atoms with Crippen LogP contribution in [0.15, 0.2) is 36.4 Å². The van der Waals surface area contributed by atoms with Crippen molar-refractivity contribution in [2.45, 2.75) is 25.5 Å². The summed E-state index contributed by atoms with van der Waals surface area (Å²) < 4.78 is 5.92. The van der Waals surface area contributed by atoms with E-state index in [0.29, 0.717) is 16.3 Å². The molecule has 22 heavy (non-hydrogen) atoms. The first-order valence-corrected chi connectivity index (χ1v) is 8.08. The zero-order valence-corrected chi connectivity index (χ0v) is 13.4. The van der Waals surface area contributed by atoms with Gasteiger partial charge in [0.15, 0.2) is 6.10 Å². The van der Waals surface area contributed by atoms with E-state index in [0.717, 1.165) is 10.4 Å². The molecule has 0 bridgehead atoms. The Bertz CT molecular complexity index is 728. The quantitative estimate of drug-likeness (QED) is 0.875. The van der Waals surface area contributed by atoms with Gasteiger partial charge in [-0.25, -0.2) is 4.79 Å². The smallest absolute Gasteiger partial charge is 0.339 e. The SMILES string of the molecule is C[C@@H](NC(=O)[C@H]1Cc2ccccc2C(=O)O1)c1ccc(Cl)s1. The molecule has 2 heterocycles. The molecule has 1 aromatic heterocycles. The molecule has 0 fully saturated rings. The van der Waals surface area contributed by atoms with Crippen molar-refractivity contribution in [3.8, 4) is 0 Å². The number of thiophene rings is 1. The van der Waals surface area contributed by atoms with E-state index in [4.69, 9.17) is 16.3 Å². The summed E-state index contributed by atoms with van der Waals surface area (Å²) >= 11 is 7.32. The number of amides is 1. The van der Waals surface area contributed by atoms with Crippen molar-refractivity contribution in [3.05, 3.63) is 56.7 Å². The van der Waals surface area contributed by atoms with Gasteiger partial charge in [0, 0.05) is 11.3 Å². The Kier molecular flexibility index (Phi) is 4.18. The summed E-state index contributed by atoms with van der Waals surface area (Å²) in [5.74, 6) is -0.742. The van der Waals surface area contributed by atoms with Gasteiger partial charge in [0.25, 0.3) is 5.91 Å². The highest BCUT2D eigenvalue weighted by Gasteiger charge is 2.31. The normalized spacial score (nSPS) is 18.3. The first-order chi connectivity index (χ1) is 10.5. The van der Waals surface area contributed by atoms with Gasteiger partial charge < -0.3 is 10.1 Å². The molecule has 0 unspecified atom stereocenters. The molecule has 1 amide bonds. The highest BCUT2D eigenvalue weighted by molar-refractivity contribution is 7.16. The van der Waals surface area contributed by atoms with Crippen LogP contribution in [0.2, 0.25) is 4.34 Å². The molecular formula is C16H14ClNO3S. The van der Waals surface area contributed by atoms with Crippen LogP contribution in [0.25, 0.3) is 0 Å². The number of nitrogens with one attached hydrogen (secondary N) is 1. The van der Waals surface area contributed by atoms with Crippen LogP contribution in [-0.2, 0) is 16.0 Å². The molecule has 1 N–H and O–H groups in total. The van der Waals surface area contributed by atoms with E-state index in [-0.39, 0.29) is 11.9 Å². The van der Waals surface area contributed by atoms with Crippen LogP contribution in [0.4, 0.5) is 0 Å². The number of carbonyl (C=O) groups excluding carboxylic acids is 2. The molecule has 1 aliphatic heterocycles. The third kappa shape index (κ3) is 3.00. The van der Waals surface area contributed by atoms with E-state index in [1.165, 1.54) is 11.3 Å². The van der Waals surface area contributed by atoms with Gasteiger partial charge in [0.05, 0.1) is 15.9 Å². The Morgan fingerprint density at radius 2 is 2.14 bits per heavy atom. The molecule has 4 nitrogen and oxygen atoms in total. The van der Waals surface area contributed by atoms with Crippen LogP contribution in [0.1, 0.15) is 33.8 Å². The Hall–Kier alpha value is -1.85. The van der Waals surface area contributed by atoms with Gasteiger partial charge in [-0.2, -0.15) is 0 Å². The van der Waals surface area contributed by atoms with Crippen molar-refractivity contribution in [3.63, 3.8) is 0 Å². The van der Waals surface area contributed by atoms with E-state index in [9.17, 15) is 9.59 Å². The average Bonchev–Trinajstić information content (AvgIpc) is 2.94. The first-order valence-electron chi connectivity index (χ1n) is 6.89. The number of ether oxygens (including phenoxy) is 1. The summed E-state index contributed by atoms with van der Waals surface area (Å²) in [6.07, 6.45) is -0.397. The third-order valence-electron chi connectivity index (χ3n) is 3.56. The van der Waals surface area contributed by atoms with Gasteiger partial charge in [0.2, 0.25) is 0 Å². The minimum absolute atomic E-state index is 0.180. The second-order valence-corrected chi connectivity index (χ2v) is 6.87. The zero-order valence-electron chi connectivity index (χ0n) is 11.8. The van der Waals surface area contributed by atoms with Crippen LogP contribution in [-0.4, -0.2) is 18.0 Å². The summed E-state index contributed by atoms with van der Waals surface area (Å²) in [5, 5.41) is 2.87. The molecular weight excluding hydrogens is 322 g/mol. The lowest BCUT2D eigenvalue weighted by Gasteiger charge is -2.25. The van der Waals surface area contributed by atoms with E-state index in [2.05, 4.69) is 5.32 Å².